The Hall–Kier alpha value is -1.34. The minimum Gasteiger partial charge on any atom is -0.336 e. The number of aromatic nitrogens is 2. The fourth-order valence-electron chi connectivity index (χ4n) is 1.77. The Morgan fingerprint density at radius 3 is 2.58 bits per heavy atom. The van der Waals surface area contributed by atoms with Gasteiger partial charge in [0.2, 0.25) is 0 Å². The molecule has 0 aliphatic rings. The van der Waals surface area contributed by atoms with Crippen molar-refractivity contribution < 1.29 is 13.2 Å². The lowest BCUT2D eigenvalue weighted by molar-refractivity contribution is -0.137. The molecule has 2 N–H and O–H groups in total. The molecule has 0 aliphatic carbocycles. The average molecular weight is 334 g/mol. The molecule has 0 spiro atoms. The highest BCUT2D eigenvalue weighted by atomic mass is 79.9. The standard InChI is InChI=1S/C12H11BrF3N3/c1-19-5-4-18-11(19)10(17)8-6-7(12(14,15)16)2-3-9(8)13/h2-6,10H,17H2,1H3. The van der Waals surface area contributed by atoms with Crippen LogP contribution >= 0.6 is 15.9 Å². The Morgan fingerprint density at radius 2 is 2.05 bits per heavy atom. The smallest absolute Gasteiger partial charge is 0.336 e. The summed E-state index contributed by atoms with van der Waals surface area (Å²) < 4.78 is 40.3. The van der Waals surface area contributed by atoms with Crippen LogP contribution in [0.5, 0.6) is 0 Å². The minimum absolute atomic E-state index is 0.351. The van der Waals surface area contributed by atoms with Crippen LogP contribution in [-0.2, 0) is 13.2 Å². The molecule has 7 heteroatoms. The second kappa shape index (κ2) is 4.97. The topological polar surface area (TPSA) is 43.8 Å². The minimum atomic E-state index is -4.39. The van der Waals surface area contributed by atoms with Gasteiger partial charge in [-0.05, 0) is 23.8 Å². The van der Waals surface area contributed by atoms with E-state index in [1.807, 2.05) is 0 Å². The molecule has 0 saturated heterocycles. The lowest BCUT2D eigenvalue weighted by Crippen LogP contribution is -2.18. The van der Waals surface area contributed by atoms with Crippen LogP contribution in [0.1, 0.15) is 23.0 Å². The average Bonchev–Trinajstić information content (AvgIpc) is 2.73. The third-order valence-corrected chi connectivity index (χ3v) is 3.52. The molecule has 2 rings (SSSR count). The van der Waals surface area contributed by atoms with Crippen molar-refractivity contribution >= 4 is 15.9 Å². The molecule has 1 heterocycles. The molecule has 0 amide bonds. The zero-order valence-electron chi connectivity index (χ0n) is 9.95. The SMILES string of the molecule is Cn1ccnc1C(N)c1cc(C(F)(F)F)ccc1Br. The summed E-state index contributed by atoms with van der Waals surface area (Å²) in [4.78, 5) is 4.06. The van der Waals surface area contributed by atoms with Crippen molar-refractivity contribution in [3.8, 4) is 0 Å². The van der Waals surface area contributed by atoms with Gasteiger partial charge in [0.1, 0.15) is 5.82 Å². The fraction of sp³-hybridized carbons (Fsp3) is 0.250. The fourth-order valence-corrected chi connectivity index (χ4v) is 2.27. The van der Waals surface area contributed by atoms with Crippen molar-refractivity contribution in [2.24, 2.45) is 12.8 Å². The summed E-state index contributed by atoms with van der Waals surface area (Å²) in [5.41, 5.74) is 5.62. The summed E-state index contributed by atoms with van der Waals surface area (Å²) in [6.07, 6.45) is -1.15. The first-order valence-electron chi connectivity index (χ1n) is 5.40. The Balaban J connectivity index is 2.47. The number of nitrogens with zero attached hydrogens (tertiary/aromatic N) is 2. The van der Waals surface area contributed by atoms with Gasteiger partial charge in [-0.15, -0.1) is 0 Å². The van der Waals surface area contributed by atoms with Gasteiger partial charge in [-0.2, -0.15) is 13.2 Å². The molecule has 0 bridgehead atoms. The molecule has 3 nitrogen and oxygen atoms in total. The van der Waals surface area contributed by atoms with Crippen LogP contribution in [0.4, 0.5) is 13.2 Å². The number of imidazole rings is 1. The van der Waals surface area contributed by atoms with Gasteiger partial charge in [0.25, 0.3) is 0 Å². The maximum absolute atomic E-state index is 12.7. The number of aryl methyl sites for hydroxylation is 1. The molecule has 102 valence electrons. The first-order chi connectivity index (χ1) is 8.80. The van der Waals surface area contributed by atoms with E-state index >= 15 is 0 Å². The van der Waals surface area contributed by atoms with E-state index in [2.05, 4.69) is 20.9 Å². The Bertz CT molecular complexity index is 592. The largest absolute Gasteiger partial charge is 0.416 e. The van der Waals surface area contributed by atoms with Crippen LogP contribution in [0.15, 0.2) is 35.1 Å². The number of benzene rings is 1. The normalized spacial score (nSPS) is 13.6. The Kier molecular flexibility index (Phi) is 3.69. The van der Waals surface area contributed by atoms with Gasteiger partial charge in [-0.3, -0.25) is 0 Å². The van der Waals surface area contributed by atoms with Crippen LogP contribution in [0.2, 0.25) is 0 Å². The van der Waals surface area contributed by atoms with Gasteiger partial charge >= 0.3 is 6.18 Å². The Morgan fingerprint density at radius 1 is 1.37 bits per heavy atom. The van der Waals surface area contributed by atoms with Crippen LogP contribution in [0.3, 0.4) is 0 Å². The van der Waals surface area contributed by atoms with Crippen molar-refractivity contribution in [1.82, 2.24) is 9.55 Å². The summed E-state index contributed by atoms with van der Waals surface area (Å²) in [6.45, 7) is 0. The molecule has 19 heavy (non-hydrogen) atoms. The number of rotatable bonds is 2. The lowest BCUT2D eigenvalue weighted by Gasteiger charge is -2.16. The second-order valence-electron chi connectivity index (χ2n) is 4.11. The van der Waals surface area contributed by atoms with Crippen LogP contribution in [0.25, 0.3) is 0 Å². The predicted molar refractivity (Wildman–Crippen MR) is 68.4 cm³/mol. The number of nitrogens with two attached hydrogens (primary N) is 1. The number of alkyl halides is 3. The van der Waals surface area contributed by atoms with Gasteiger partial charge in [0, 0.05) is 23.9 Å². The van der Waals surface area contributed by atoms with Crippen molar-refractivity contribution in [2.75, 3.05) is 0 Å². The number of halogens is 4. The first kappa shape index (κ1) is 14.1. The van der Waals surface area contributed by atoms with Crippen molar-refractivity contribution in [1.29, 1.82) is 0 Å². The highest BCUT2D eigenvalue weighted by Crippen LogP contribution is 2.34. The summed E-state index contributed by atoms with van der Waals surface area (Å²) in [5.74, 6) is 0.500. The van der Waals surface area contributed by atoms with Crippen LogP contribution in [-0.4, -0.2) is 9.55 Å². The van der Waals surface area contributed by atoms with Crippen molar-refractivity contribution in [3.63, 3.8) is 0 Å². The maximum atomic E-state index is 12.7. The summed E-state index contributed by atoms with van der Waals surface area (Å²) in [6, 6.07) is 2.68. The van der Waals surface area contributed by atoms with Crippen LogP contribution < -0.4 is 5.73 Å². The third kappa shape index (κ3) is 2.82. The molecule has 0 fully saturated rings. The summed E-state index contributed by atoms with van der Waals surface area (Å²) in [7, 11) is 1.74. The molecule has 1 unspecified atom stereocenters. The highest BCUT2D eigenvalue weighted by molar-refractivity contribution is 9.10. The van der Waals surface area contributed by atoms with Gasteiger partial charge < -0.3 is 10.3 Å². The molecule has 1 aromatic heterocycles. The van der Waals surface area contributed by atoms with Crippen molar-refractivity contribution in [2.45, 2.75) is 12.2 Å². The third-order valence-electron chi connectivity index (χ3n) is 2.80. The van der Waals surface area contributed by atoms with Crippen molar-refractivity contribution in [3.05, 3.63) is 52.0 Å². The quantitative estimate of drug-likeness (QED) is 0.916. The molecule has 0 radical (unpaired) electrons. The highest BCUT2D eigenvalue weighted by Gasteiger charge is 2.31. The molecule has 2 aromatic rings. The Labute approximate surface area is 116 Å². The second-order valence-corrected chi connectivity index (χ2v) is 4.96. The van der Waals surface area contributed by atoms with E-state index < -0.39 is 17.8 Å². The molecule has 0 saturated carbocycles. The van der Waals surface area contributed by atoms with Gasteiger partial charge in [0.15, 0.2) is 0 Å². The van der Waals surface area contributed by atoms with E-state index in [1.165, 1.54) is 6.07 Å². The first-order valence-corrected chi connectivity index (χ1v) is 6.19. The molecule has 0 aliphatic heterocycles. The van der Waals surface area contributed by atoms with E-state index in [-0.39, 0.29) is 0 Å². The number of hydrogen-bond donors (Lipinski definition) is 1. The van der Waals surface area contributed by atoms with Gasteiger partial charge in [0.05, 0.1) is 11.6 Å². The zero-order chi connectivity index (χ0) is 14.2. The van der Waals surface area contributed by atoms with E-state index in [0.717, 1.165) is 12.1 Å². The van der Waals surface area contributed by atoms with E-state index in [4.69, 9.17) is 5.73 Å². The summed E-state index contributed by atoms with van der Waals surface area (Å²) in [5, 5.41) is 0. The molecular formula is C12H11BrF3N3. The number of hydrogen-bond acceptors (Lipinski definition) is 2. The lowest BCUT2D eigenvalue weighted by atomic mass is 10.0. The zero-order valence-corrected chi connectivity index (χ0v) is 11.5. The predicted octanol–water partition coefficient (Wildman–Crippen LogP) is 3.25. The van der Waals surface area contributed by atoms with E-state index in [0.29, 0.717) is 15.9 Å². The summed E-state index contributed by atoms with van der Waals surface area (Å²) >= 11 is 3.22. The monoisotopic (exact) mass is 333 g/mol. The van der Waals surface area contributed by atoms with Gasteiger partial charge in [-0.1, -0.05) is 15.9 Å². The molecular weight excluding hydrogens is 323 g/mol. The van der Waals surface area contributed by atoms with Gasteiger partial charge in [-0.25, -0.2) is 4.98 Å². The molecule has 1 atom stereocenters. The molecule has 1 aromatic carbocycles. The maximum Gasteiger partial charge on any atom is 0.416 e. The van der Waals surface area contributed by atoms with E-state index in [1.54, 1.807) is 24.0 Å². The van der Waals surface area contributed by atoms with E-state index in [9.17, 15) is 13.2 Å². The van der Waals surface area contributed by atoms with Crippen LogP contribution in [0, 0.1) is 0 Å².